The lowest BCUT2D eigenvalue weighted by Gasteiger charge is -2.19. The fraction of sp³-hybridized carbons (Fsp3) is 0.364. The van der Waals surface area contributed by atoms with Crippen LogP contribution in [0.4, 0.5) is 0 Å². The Morgan fingerprint density at radius 3 is 3.17 bits per heavy atom. The van der Waals surface area contributed by atoms with Gasteiger partial charge in [-0.15, -0.1) is 0 Å². The summed E-state index contributed by atoms with van der Waals surface area (Å²) in [5.74, 6) is 0. The lowest BCUT2D eigenvalue weighted by atomic mass is 9.92. The first-order valence-corrected chi connectivity index (χ1v) is 4.41. The summed E-state index contributed by atoms with van der Waals surface area (Å²) in [4.78, 5) is 4.51. The molecule has 0 radical (unpaired) electrons. The van der Waals surface area contributed by atoms with E-state index in [1.54, 1.807) is 0 Å². The van der Waals surface area contributed by atoms with Gasteiger partial charge in [0.2, 0.25) is 0 Å². The van der Waals surface area contributed by atoms with E-state index in [1.165, 1.54) is 16.9 Å². The largest absolute Gasteiger partial charge is 0.282 e. The highest BCUT2D eigenvalue weighted by Crippen LogP contribution is 2.24. The van der Waals surface area contributed by atoms with E-state index in [9.17, 15) is 0 Å². The molecule has 2 rings (SSSR count). The minimum absolute atomic E-state index is 0.347. The van der Waals surface area contributed by atoms with Gasteiger partial charge in [0, 0.05) is 5.71 Å². The molecule has 1 unspecified atom stereocenters. The lowest BCUT2D eigenvalue weighted by Crippen LogP contribution is -2.12. The SMILES string of the molecule is CC1=NC(C)C=C2C=CCC=C21. The third-order valence-corrected chi connectivity index (χ3v) is 2.27. The summed E-state index contributed by atoms with van der Waals surface area (Å²) in [5.41, 5.74) is 3.86. The predicted octanol–water partition coefficient (Wildman–Crippen LogP) is 2.66. The molecule has 62 valence electrons. The van der Waals surface area contributed by atoms with Crippen molar-refractivity contribution in [2.24, 2.45) is 4.99 Å². The molecule has 0 saturated carbocycles. The Morgan fingerprint density at radius 2 is 2.33 bits per heavy atom. The highest BCUT2D eigenvalue weighted by Gasteiger charge is 2.14. The van der Waals surface area contributed by atoms with Gasteiger partial charge in [0.15, 0.2) is 0 Å². The summed E-state index contributed by atoms with van der Waals surface area (Å²) in [5, 5.41) is 0. The van der Waals surface area contributed by atoms with Crippen LogP contribution < -0.4 is 0 Å². The molecule has 0 aromatic rings. The molecule has 0 aromatic heterocycles. The number of allylic oxidation sites excluding steroid dienone is 5. The number of dihydropyridines is 1. The van der Waals surface area contributed by atoms with Gasteiger partial charge in [0.25, 0.3) is 0 Å². The maximum Gasteiger partial charge on any atom is 0.0664 e. The van der Waals surface area contributed by atoms with Crippen LogP contribution >= 0.6 is 0 Å². The quantitative estimate of drug-likeness (QED) is 0.515. The van der Waals surface area contributed by atoms with Crippen molar-refractivity contribution in [1.29, 1.82) is 0 Å². The maximum atomic E-state index is 4.51. The number of nitrogens with zero attached hydrogens (tertiary/aromatic N) is 1. The summed E-state index contributed by atoms with van der Waals surface area (Å²) >= 11 is 0. The van der Waals surface area contributed by atoms with E-state index in [-0.39, 0.29) is 0 Å². The Morgan fingerprint density at radius 1 is 1.50 bits per heavy atom. The van der Waals surface area contributed by atoms with Gasteiger partial charge in [-0.05, 0) is 31.4 Å². The van der Waals surface area contributed by atoms with Crippen LogP contribution in [0.15, 0.2) is 40.4 Å². The molecule has 0 saturated heterocycles. The van der Waals surface area contributed by atoms with Crippen molar-refractivity contribution >= 4 is 5.71 Å². The number of hydrogen-bond acceptors (Lipinski definition) is 1. The Kier molecular flexibility index (Phi) is 1.72. The van der Waals surface area contributed by atoms with Gasteiger partial charge in [-0.25, -0.2) is 0 Å². The van der Waals surface area contributed by atoms with Gasteiger partial charge < -0.3 is 0 Å². The molecule has 0 aromatic carbocycles. The Bertz CT molecular complexity index is 316. The molecule has 1 atom stereocenters. The number of aliphatic imine (C=N–C) groups is 1. The molecule has 0 amide bonds. The van der Waals surface area contributed by atoms with Gasteiger partial charge in [0.1, 0.15) is 0 Å². The van der Waals surface area contributed by atoms with Crippen LogP contribution in [-0.2, 0) is 0 Å². The topological polar surface area (TPSA) is 12.4 Å². The van der Waals surface area contributed by atoms with E-state index in [0.29, 0.717) is 6.04 Å². The summed E-state index contributed by atoms with van der Waals surface area (Å²) in [6.45, 7) is 4.21. The van der Waals surface area contributed by atoms with E-state index in [1.807, 2.05) is 0 Å². The first-order chi connectivity index (χ1) is 5.77. The van der Waals surface area contributed by atoms with Crippen LogP contribution in [0.5, 0.6) is 0 Å². The first-order valence-electron chi connectivity index (χ1n) is 4.41. The van der Waals surface area contributed by atoms with Crippen molar-refractivity contribution in [3.63, 3.8) is 0 Å². The van der Waals surface area contributed by atoms with Crippen LogP contribution in [0.1, 0.15) is 20.3 Å². The second kappa shape index (κ2) is 2.74. The molecule has 0 N–H and O–H groups in total. The van der Waals surface area contributed by atoms with Crippen LogP contribution in [-0.4, -0.2) is 11.8 Å². The van der Waals surface area contributed by atoms with Crippen LogP contribution in [0.2, 0.25) is 0 Å². The van der Waals surface area contributed by atoms with Gasteiger partial charge in [-0.2, -0.15) is 0 Å². The Balaban J connectivity index is 2.42. The van der Waals surface area contributed by atoms with E-state index < -0.39 is 0 Å². The van der Waals surface area contributed by atoms with Gasteiger partial charge in [-0.1, -0.05) is 24.3 Å². The molecule has 12 heavy (non-hydrogen) atoms. The normalized spacial score (nSPS) is 27.2. The van der Waals surface area contributed by atoms with E-state index in [0.717, 1.165) is 6.42 Å². The van der Waals surface area contributed by atoms with Crippen molar-refractivity contribution < 1.29 is 0 Å². The Hall–Kier alpha value is -1.11. The zero-order valence-electron chi connectivity index (χ0n) is 7.54. The molecule has 1 nitrogen and oxygen atoms in total. The average Bonchev–Trinajstić information content (AvgIpc) is 2.04. The summed E-state index contributed by atoms with van der Waals surface area (Å²) in [6.07, 6.45) is 9.91. The van der Waals surface area contributed by atoms with E-state index in [4.69, 9.17) is 0 Å². The molecular formula is C11H13N. The Labute approximate surface area is 73.2 Å². The summed E-state index contributed by atoms with van der Waals surface area (Å²) in [7, 11) is 0. The second-order valence-electron chi connectivity index (χ2n) is 3.33. The van der Waals surface area contributed by atoms with Gasteiger partial charge in [-0.3, -0.25) is 4.99 Å². The van der Waals surface area contributed by atoms with Crippen LogP contribution in [0.3, 0.4) is 0 Å². The minimum atomic E-state index is 0.347. The number of hydrogen-bond donors (Lipinski definition) is 0. The summed E-state index contributed by atoms with van der Waals surface area (Å²) < 4.78 is 0. The second-order valence-corrected chi connectivity index (χ2v) is 3.33. The molecule has 2 aliphatic rings. The highest BCUT2D eigenvalue weighted by atomic mass is 14.8. The first kappa shape index (κ1) is 7.53. The van der Waals surface area contributed by atoms with Gasteiger partial charge >= 0.3 is 0 Å². The third kappa shape index (κ3) is 1.15. The predicted molar refractivity (Wildman–Crippen MR) is 52.5 cm³/mol. The molecule has 1 aliphatic carbocycles. The number of rotatable bonds is 0. The summed E-state index contributed by atoms with van der Waals surface area (Å²) in [6, 6.07) is 0.347. The number of fused-ring (bicyclic) bond motifs is 1. The molecule has 1 aliphatic heterocycles. The van der Waals surface area contributed by atoms with Crippen molar-refractivity contribution in [2.45, 2.75) is 26.3 Å². The zero-order chi connectivity index (χ0) is 8.55. The van der Waals surface area contributed by atoms with Crippen LogP contribution in [0, 0.1) is 0 Å². The zero-order valence-corrected chi connectivity index (χ0v) is 7.54. The fourth-order valence-corrected chi connectivity index (χ4v) is 1.76. The maximum absolute atomic E-state index is 4.51. The van der Waals surface area contributed by atoms with Crippen molar-refractivity contribution in [1.82, 2.24) is 0 Å². The lowest BCUT2D eigenvalue weighted by molar-refractivity contribution is 0.905. The third-order valence-electron chi connectivity index (χ3n) is 2.27. The van der Waals surface area contributed by atoms with Crippen molar-refractivity contribution in [2.75, 3.05) is 0 Å². The molecule has 1 heteroatoms. The van der Waals surface area contributed by atoms with Crippen molar-refractivity contribution in [3.8, 4) is 0 Å². The minimum Gasteiger partial charge on any atom is -0.282 e. The van der Waals surface area contributed by atoms with E-state index >= 15 is 0 Å². The molecule has 1 heterocycles. The molecule has 0 fully saturated rings. The van der Waals surface area contributed by atoms with E-state index in [2.05, 4.69) is 43.1 Å². The molecule has 0 spiro atoms. The van der Waals surface area contributed by atoms with Gasteiger partial charge in [0.05, 0.1) is 6.04 Å². The standard InChI is InChI=1S/C11H13N/c1-8-7-10-5-3-4-6-11(10)9(2)12-8/h3,5-8H,4H2,1-2H3. The fourth-order valence-electron chi connectivity index (χ4n) is 1.76. The monoisotopic (exact) mass is 159 g/mol. The molecule has 0 bridgehead atoms. The average molecular weight is 159 g/mol. The highest BCUT2D eigenvalue weighted by molar-refractivity contribution is 6.04. The smallest absolute Gasteiger partial charge is 0.0664 e. The molecular weight excluding hydrogens is 146 g/mol. The van der Waals surface area contributed by atoms with Crippen molar-refractivity contribution in [3.05, 3.63) is 35.5 Å². The van der Waals surface area contributed by atoms with Crippen LogP contribution in [0.25, 0.3) is 0 Å².